The van der Waals surface area contributed by atoms with Gasteiger partial charge >= 0.3 is 0 Å². The first-order valence-electron chi connectivity index (χ1n) is 5.42. The van der Waals surface area contributed by atoms with Gasteiger partial charge in [-0.2, -0.15) is 0 Å². The molecule has 0 amide bonds. The lowest BCUT2D eigenvalue weighted by Gasteiger charge is -2.16. The zero-order valence-electron chi connectivity index (χ0n) is 9.95. The number of aryl methyl sites for hydroxylation is 1. The third kappa shape index (κ3) is 2.34. The van der Waals surface area contributed by atoms with Crippen molar-refractivity contribution < 1.29 is 0 Å². The highest BCUT2D eigenvalue weighted by atomic mass is 32.1. The van der Waals surface area contributed by atoms with Crippen LogP contribution in [0.4, 0.5) is 0 Å². The van der Waals surface area contributed by atoms with E-state index in [2.05, 4.69) is 42.6 Å². The molecule has 0 atom stereocenters. The van der Waals surface area contributed by atoms with Gasteiger partial charge in [-0.15, -0.1) is 11.3 Å². The van der Waals surface area contributed by atoms with Gasteiger partial charge < -0.3 is 5.73 Å². The first kappa shape index (κ1) is 11.4. The second-order valence-electron chi connectivity index (χ2n) is 4.79. The summed E-state index contributed by atoms with van der Waals surface area (Å²) >= 11 is 1.76. The molecule has 0 aliphatic rings. The van der Waals surface area contributed by atoms with Gasteiger partial charge in [0.25, 0.3) is 0 Å². The fraction of sp³-hybridized carbons (Fsp3) is 0.286. The standard InChI is InChI=1S/C14H17NS/c1-10-4-6-11(7-5-10)13-8-12(9-16-13)14(2,3)15/h4-9H,15H2,1-3H3. The summed E-state index contributed by atoms with van der Waals surface area (Å²) in [5, 5.41) is 2.15. The zero-order valence-corrected chi connectivity index (χ0v) is 10.8. The molecule has 0 saturated carbocycles. The monoisotopic (exact) mass is 231 g/mol. The summed E-state index contributed by atoms with van der Waals surface area (Å²) in [5.41, 5.74) is 9.59. The zero-order chi connectivity index (χ0) is 11.8. The van der Waals surface area contributed by atoms with Crippen LogP contribution < -0.4 is 5.73 Å². The minimum absolute atomic E-state index is 0.251. The first-order chi connectivity index (χ1) is 7.47. The summed E-state index contributed by atoms with van der Waals surface area (Å²) in [5.74, 6) is 0. The quantitative estimate of drug-likeness (QED) is 0.833. The van der Waals surface area contributed by atoms with Crippen molar-refractivity contribution in [2.24, 2.45) is 5.73 Å². The Labute approximate surface area is 101 Å². The highest BCUT2D eigenvalue weighted by Gasteiger charge is 2.16. The van der Waals surface area contributed by atoms with Gasteiger partial charge in [0.1, 0.15) is 0 Å². The minimum Gasteiger partial charge on any atom is -0.322 e. The molecule has 2 rings (SSSR count). The molecule has 1 heterocycles. The van der Waals surface area contributed by atoms with Crippen molar-refractivity contribution in [2.45, 2.75) is 26.3 Å². The molecular weight excluding hydrogens is 214 g/mol. The van der Waals surface area contributed by atoms with Gasteiger partial charge in [0.15, 0.2) is 0 Å². The summed E-state index contributed by atoms with van der Waals surface area (Å²) < 4.78 is 0. The van der Waals surface area contributed by atoms with Crippen LogP contribution in [-0.2, 0) is 5.54 Å². The van der Waals surface area contributed by atoms with E-state index in [9.17, 15) is 0 Å². The largest absolute Gasteiger partial charge is 0.322 e. The van der Waals surface area contributed by atoms with Crippen molar-refractivity contribution in [3.05, 3.63) is 46.8 Å². The van der Waals surface area contributed by atoms with E-state index in [-0.39, 0.29) is 5.54 Å². The van der Waals surface area contributed by atoms with Crippen LogP contribution in [0, 0.1) is 6.92 Å². The van der Waals surface area contributed by atoms with Gasteiger partial charge in [-0.25, -0.2) is 0 Å². The summed E-state index contributed by atoms with van der Waals surface area (Å²) in [4.78, 5) is 1.29. The smallest absolute Gasteiger partial charge is 0.0360 e. The van der Waals surface area contributed by atoms with E-state index in [1.807, 2.05) is 13.8 Å². The maximum absolute atomic E-state index is 6.08. The molecule has 2 aromatic rings. The second kappa shape index (κ2) is 4.04. The molecular formula is C14H17NS. The van der Waals surface area contributed by atoms with E-state index < -0.39 is 0 Å². The van der Waals surface area contributed by atoms with Crippen molar-refractivity contribution in [1.82, 2.24) is 0 Å². The first-order valence-corrected chi connectivity index (χ1v) is 6.30. The molecule has 0 unspecified atom stereocenters. The number of benzene rings is 1. The van der Waals surface area contributed by atoms with E-state index in [1.54, 1.807) is 11.3 Å². The fourth-order valence-corrected chi connectivity index (χ4v) is 2.64. The summed E-state index contributed by atoms with van der Waals surface area (Å²) in [6.45, 7) is 6.18. The molecule has 2 N–H and O–H groups in total. The maximum Gasteiger partial charge on any atom is 0.0360 e. The summed E-state index contributed by atoms with van der Waals surface area (Å²) in [6.07, 6.45) is 0. The summed E-state index contributed by atoms with van der Waals surface area (Å²) in [6, 6.07) is 10.8. The Morgan fingerprint density at radius 2 is 1.75 bits per heavy atom. The molecule has 0 aliphatic carbocycles. The number of hydrogen-bond donors (Lipinski definition) is 1. The topological polar surface area (TPSA) is 26.0 Å². The second-order valence-corrected chi connectivity index (χ2v) is 5.70. The Morgan fingerprint density at radius 3 is 2.25 bits per heavy atom. The van der Waals surface area contributed by atoms with Crippen LogP contribution in [0.25, 0.3) is 10.4 Å². The Bertz CT molecular complexity index is 474. The average Bonchev–Trinajstić information content (AvgIpc) is 2.67. The SMILES string of the molecule is Cc1ccc(-c2cc(C(C)(C)N)cs2)cc1. The minimum atomic E-state index is -0.251. The van der Waals surface area contributed by atoms with E-state index in [0.29, 0.717) is 0 Å². The van der Waals surface area contributed by atoms with Crippen LogP contribution in [0.5, 0.6) is 0 Å². The van der Waals surface area contributed by atoms with Gasteiger partial charge in [0.05, 0.1) is 0 Å². The van der Waals surface area contributed by atoms with Crippen LogP contribution >= 0.6 is 11.3 Å². The predicted octanol–water partition coefficient (Wildman–Crippen LogP) is 3.92. The third-order valence-corrected chi connectivity index (χ3v) is 3.66. The third-order valence-electron chi connectivity index (χ3n) is 2.68. The van der Waals surface area contributed by atoms with Crippen molar-refractivity contribution in [2.75, 3.05) is 0 Å². The van der Waals surface area contributed by atoms with Gasteiger partial charge in [-0.05, 0) is 43.3 Å². The maximum atomic E-state index is 6.08. The van der Waals surface area contributed by atoms with Gasteiger partial charge in [-0.3, -0.25) is 0 Å². The molecule has 0 radical (unpaired) electrons. The van der Waals surface area contributed by atoms with Crippen LogP contribution in [0.3, 0.4) is 0 Å². The molecule has 0 aliphatic heterocycles. The lowest BCUT2D eigenvalue weighted by atomic mass is 9.98. The van der Waals surface area contributed by atoms with Gasteiger partial charge in [0, 0.05) is 10.4 Å². The molecule has 2 heteroatoms. The molecule has 0 fully saturated rings. The van der Waals surface area contributed by atoms with E-state index in [4.69, 9.17) is 5.73 Å². The molecule has 0 spiro atoms. The van der Waals surface area contributed by atoms with Crippen LogP contribution in [0.15, 0.2) is 35.7 Å². The van der Waals surface area contributed by atoms with Crippen molar-refractivity contribution >= 4 is 11.3 Å². The number of hydrogen-bond acceptors (Lipinski definition) is 2. The fourth-order valence-electron chi connectivity index (χ4n) is 1.54. The average molecular weight is 231 g/mol. The number of rotatable bonds is 2. The van der Waals surface area contributed by atoms with Crippen molar-refractivity contribution in [1.29, 1.82) is 0 Å². The van der Waals surface area contributed by atoms with E-state index in [0.717, 1.165) is 0 Å². The molecule has 0 saturated heterocycles. The lowest BCUT2D eigenvalue weighted by molar-refractivity contribution is 0.557. The normalized spacial score (nSPS) is 11.8. The van der Waals surface area contributed by atoms with Crippen molar-refractivity contribution in [3.8, 4) is 10.4 Å². The molecule has 16 heavy (non-hydrogen) atoms. The molecule has 1 aromatic carbocycles. The molecule has 1 nitrogen and oxygen atoms in total. The Morgan fingerprint density at radius 1 is 1.12 bits per heavy atom. The summed E-state index contributed by atoms with van der Waals surface area (Å²) in [7, 11) is 0. The van der Waals surface area contributed by atoms with E-state index >= 15 is 0 Å². The van der Waals surface area contributed by atoms with Gasteiger partial charge in [0.2, 0.25) is 0 Å². The molecule has 1 aromatic heterocycles. The van der Waals surface area contributed by atoms with Gasteiger partial charge in [-0.1, -0.05) is 29.8 Å². The Kier molecular flexibility index (Phi) is 2.87. The lowest BCUT2D eigenvalue weighted by Crippen LogP contribution is -2.27. The highest BCUT2D eigenvalue weighted by molar-refractivity contribution is 7.13. The number of thiophene rings is 1. The Balaban J connectivity index is 2.35. The molecule has 0 bridgehead atoms. The van der Waals surface area contributed by atoms with Crippen LogP contribution in [0.2, 0.25) is 0 Å². The van der Waals surface area contributed by atoms with Crippen LogP contribution in [-0.4, -0.2) is 0 Å². The predicted molar refractivity (Wildman–Crippen MR) is 71.7 cm³/mol. The highest BCUT2D eigenvalue weighted by Crippen LogP contribution is 2.31. The molecule has 84 valence electrons. The Hall–Kier alpha value is -1.12. The van der Waals surface area contributed by atoms with E-state index in [1.165, 1.54) is 21.6 Å². The number of nitrogens with two attached hydrogens (primary N) is 1. The van der Waals surface area contributed by atoms with Crippen molar-refractivity contribution in [3.63, 3.8) is 0 Å². The van der Waals surface area contributed by atoms with Crippen LogP contribution in [0.1, 0.15) is 25.0 Å².